The highest BCUT2D eigenvalue weighted by atomic mass is 16.6. The van der Waals surface area contributed by atoms with E-state index in [1.807, 2.05) is 6.92 Å². The first kappa shape index (κ1) is 16.1. The number of hydrogen-bond donors (Lipinski definition) is 1. The number of aliphatic hydroxyl groups excluding tert-OH is 1. The first-order valence-electron chi connectivity index (χ1n) is 10.7. The number of ether oxygens (including phenoxy) is 1. The fraction of sp³-hybridized carbons (Fsp3) is 1.00. The molecule has 0 amide bonds. The Balaban J connectivity index is 1.42. The quantitative estimate of drug-likeness (QED) is 0.700. The molecular formula is C22H36O2. The molecule has 24 heavy (non-hydrogen) atoms. The minimum atomic E-state index is -0.120. The topological polar surface area (TPSA) is 32.8 Å². The van der Waals surface area contributed by atoms with Gasteiger partial charge in [0, 0.05) is 0 Å². The van der Waals surface area contributed by atoms with Crippen LogP contribution in [0.1, 0.15) is 78.6 Å². The highest BCUT2D eigenvalue weighted by Gasteiger charge is 2.63. The van der Waals surface area contributed by atoms with Gasteiger partial charge in [0.1, 0.15) is 0 Å². The fourth-order valence-corrected chi connectivity index (χ4v) is 8.51. The molecule has 0 bridgehead atoms. The Kier molecular flexibility index (Phi) is 3.36. The van der Waals surface area contributed by atoms with Gasteiger partial charge in [0.05, 0.1) is 18.3 Å². The van der Waals surface area contributed by atoms with E-state index in [9.17, 15) is 5.11 Å². The largest absolute Gasteiger partial charge is 0.393 e. The summed E-state index contributed by atoms with van der Waals surface area (Å²) in [4.78, 5) is 0. The monoisotopic (exact) mass is 332 g/mol. The third-order valence-electron chi connectivity index (χ3n) is 10.0. The molecule has 5 fully saturated rings. The Bertz CT molecular complexity index is 524. The van der Waals surface area contributed by atoms with Crippen LogP contribution < -0.4 is 0 Å². The second-order valence-corrected chi connectivity index (χ2v) is 10.8. The Labute approximate surface area is 147 Å². The summed E-state index contributed by atoms with van der Waals surface area (Å²) in [6.45, 7) is 8.26. The van der Waals surface area contributed by atoms with Gasteiger partial charge < -0.3 is 9.84 Å². The summed E-state index contributed by atoms with van der Waals surface area (Å²) in [6, 6.07) is 0. The second kappa shape index (κ2) is 5.00. The Hall–Kier alpha value is -0.0800. The van der Waals surface area contributed by atoms with E-state index in [0.717, 1.165) is 30.3 Å². The van der Waals surface area contributed by atoms with Crippen molar-refractivity contribution in [2.75, 3.05) is 6.61 Å². The predicted molar refractivity (Wildman–Crippen MR) is 95.6 cm³/mol. The van der Waals surface area contributed by atoms with Crippen molar-refractivity contribution in [3.05, 3.63) is 0 Å². The zero-order chi connectivity index (χ0) is 16.7. The lowest BCUT2D eigenvalue weighted by Gasteiger charge is -2.61. The minimum Gasteiger partial charge on any atom is -0.393 e. The maximum absolute atomic E-state index is 10.3. The van der Waals surface area contributed by atoms with Crippen LogP contribution in [-0.4, -0.2) is 23.4 Å². The Morgan fingerprint density at radius 1 is 0.917 bits per heavy atom. The molecule has 1 aliphatic heterocycles. The smallest absolute Gasteiger partial charge is 0.0919 e. The number of rotatable bonds is 1. The molecule has 4 aliphatic carbocycles. The van der Waals surface area contributed by atoms with Gasteiger partial charge in [0.2, 0.25) is 0 Å². The van der Waals surface area contributed by atoms with Gasteiger partial charge in [-0.2, -0.15) is 0 Å². The van der Waals surface area contributed by atoms with E-state index in [4.69, 9.17) is 4.74 Å². The summed E-state index contributed by atoms with van der Waals surface area (Å²) in [5, 5.41) is 10.3. The SMILES string of the molecule is CC(O)C1CCC2C3CCC4CC5(CCC4(C)C3CCC12C)CO5. The van der Waals surface area contributed by atoms with Gasteiger partial charge in [0.25, 0.3) is 0 Å². The van der Waals surface area contributed by atoms with E-state index in [1.54, 1.807) is 0 Å². The van der Waals surface area contributed by atoms with E-state index in [2.05, 4.69) is 13.8 Å². The zero-order valence-electron chi connectivity index (χ0n) is 15.9. The molecular weight excluding hydrogens is 296 g/mol. The lowest BCUT2D eigenvalue weighted by molar-refractivity contribution is -0.126. The molecule has 9 atom stereocenters. The van der Waals surface area contributed by atoms with E-state index in [1.165, 1.54) is 57.8 Å². The third kappa shape index (κ3) is 2.02. The Morgan fingerprint density at radius 3 is 2.38 bits per heavy atom. The van der Waals surface area contributed by atoms with E-state index in [-0.39, 0.29) is 6.10 Å². The minimum absolute atomic E-state index is 0.120. The summed E-state index contributed by atoms with van der Waals surface area (Å²) in [5.74, 6) is 4.21. The molecule has 1 saturated heterocycles. The summed E-state index contributed by atoms with van der Waals surface area (Å²) >= 11 is 0. The number of aliphatic hydroxyl groups is 1. The van der Waals surface area contributed by atoms with Crippen molar-refractivity contribution in [1.29, 1.82) is 0 Å². The van der Waals surface area contributed by atoms with Crippen LogP contribution in [0, 0.1) is 40.4 Å². The van der Waals surface area contributed by atoms with Gasteiger partial charge in [-0.25, -0.2) is 0 Å². The van der Waals surface area contributed by atoms with Crippen LogP contribution in [0.4, 0.5) is 0 Å². The van der Waals surface area contributed by atoms with Crippen molar-refractivity contribution in [3.63, 3.8) is 0 Å². The molecule has 1 heterocycles. The molecule has 0 aromatic heterocycles. The maximum Gasteiger partial charge on any atom is 0.0919 e. The van der Waals surface area contributed by atoms with Crippen molar-refractivity contribution in [3.8, 4) is 0 Å². The van der Waals surface area contributed by atoms with E-state index >= 15 is 0 Å². The zero-order valence-corrected chi connectivity index (χ0v) is 15.9. The molecule has 4 saturated carbocycles. The molecule has 5 rings (SSSR count). The number of hydrogen-bond acceptors (Lipinski definition) is 2. The third-order valence-corrected chi connectivity index (χ3v) is 10.0. The summed E-state index contributed by atoms with van der Waals surface area (Å²) < 4.78 is 5.87. The van der Waals surface area contributed by atoms with Gasteiger partial charge >= 0.3 is 0 Å². The lowest BCUT2D eigenvalue weighted by Crippen LogP contribution is -2.54. The molecule has 2 nitrogen and oxygen atoms in total. The van der Waals surface area contributed by atoms with Crippen LogP contribution in [0.2, 0.25) is 0 Å². The first-order chi connectivity index (χ1) is 11.4. The number of fused-ring (bicyclic) bond motifs is 5. The van der Waals surface area contributed by atoms with Crippen LogP contribution in [0.15, 0.2) is 0 Å². The average Bonchev–Trinajstić information content (AvgIpc) is 3.19. The van der Waals surface area contributed by atoms with Gasteiger partial charge in [-0.1, -0.05) is 13.8 Å². The van der Waals surface area contributed by atoms with Crippen molar-refractivity contribution >= 4 is 0 Å². The van der Waals surface area contributed by atoms with Crippen LogP contribution in [0.3, 0.4) is 0 Å². The second-order valence-electron chi connectivity index (χ2n) is 10.8. The molecule has 5 aliphatic rings. The summed E-state index contributed by atoms with van der Waals surface area (Å²) in [5.41, 5.74) is 1.31. The van der Waals surface area contributed by atoms with Crippen molar-refractivity contribution in [1.82, 2.24) is 0 Å². The van der Waals surface area contributed by atoms with E-state index in [0.29, 0.717) is 22.3 Å². The van der Waals surface area contributed by atoms with E-state index < -0.39 is 0 Å². The Morgan fingerprint density at radius 2 is 1.67 bits per heavy atom. The predicted octanol–water partition coefficient (Wildman–Crippen LogP) is 4.80. The average molecular weight is 333 g/mol. The van der Waals surface area contributed by atoms with Crippen LogP contribution in [-0.2, 0) is 4.74 Å². The van der Waals surface area contributed by atoms with Gasteiger partial charge in [-0.15, -0.1) is 0 Å². The maximum atomic E-state index is 10.3. The van der Waals surface area contributed by atoms with Gasteiger partial charge in [0.15, 0.2) is 0 Å². The summed E-state index contributed by atoms with van der Waals surface area (Å²) in [7, 11) is 0. The highest BCUT2D eigenvalue weighted by Crippen LogP contribution is 2.69. The van der Waals surface area contributed by atoms with Crippen LogP contribution >= 0.6 is 0 Å². The van der Waals surface area contributed by atoms with Gasteiger partial charge in [-0.3, -0.25) is 0 Å². The first-order valence-corrected chi connectivity index (χ1v) is 10.7. The molecule has 9 unspecified atom stereocenters. The molecule has 1 N–H and O–H groups in total. The molecule has 0 aromatic rings. The molecule has 0 aromatic carbocycles. The summed E-state index contributed by atoms with van der Waals surface area (Å²) in [6.07, 6.45) is 12.3. The van der Waals surface area contributed by atoms with Crippen LogP contribution in [0.25, 0.3) is 0 Å². The molecule has 136 valence electrons. The molecule has 2 heteroatoms. The van der Waals surface area contributed by atoms with Crippen LogP contribution in [0.5, 0.6) is 0 Å². The van der Waals surface area contributed by atoms with Crippen molar-refractivity contribution < 1.29 is 9.84 Å². The molecule has 0 radical (unpaired) electrons. The lowest BCUT2D eigenvalue weighted by atomic mass is 9.44. The highest BCUT2D eigenvalue weighted by molar-refractivity contribution is 5.12. The number of epoxide rings is 1. The normalized spacial score (nSPS) is 60.2. The van der Waals surface area contributed by atoms with Gasteiger partial charge in [-0.05, 0) is 105 Å². The standard InChI is InChI=1S/C22H36O2/c1-14(23)17-6-7-18-16-5-4-15-12-22(13-24-22)11-10-20(15,2)19(16)8-9-21(17,18)3/h14-19,23H,4-13H2,1-3H3. The van der Waals surface area contributed by atoms with Crippen molar-refractivity contribution in [2.45, 2.75) is 90.3 Å². The molecule has 1 spiro atoms. The van der Waals surface area contributed by atoms with Crippen molar-refractivity contribution in [2.24, 2.45) is 40.4 Å². The fourth-order valence-electron chi connectivity index (χ4n) is 8.51.